The van der Waals surface area contributed by atoms with Gasteiger partial charge in [0.1, 0.15) is 0 Å². The minimum atomic E-state index is -4.40. The molecule has 0 fully saturated rings. The molecular weight excluding hydrogens is 333 g/mol. The number of nitrogens with two attached hydrogens (primary N) is 1. The zero-order chi connectivity index (χ0) is 18.6. The number of hydrogen-bond donors (Lipinski definition) is 2. The van der Waals surface area contributed by atoms with E-state index in [1.54, 1.807) is 18.2 Å². The van der Waals surface area contributed by atoms with Crippen molar-refractivity contribution in [2.75, 3.05) is 5.32 Å². The molecule has 3 N–H and O–H groups in total. The fourth-order valence-corrected chi connectivity index (χ4v) is 2.21. The summed E-state index contributed by atoms with van der Waals surface area (Å²) in [5, 5.41) is 2.51. The number of halogens is 3. The topological polar surface area (TPSA) is 72.2 Å². The number of nitrogens with one attached hydrogen (secondary N) is 1. The number of carbonyl (C=O) groups excluding carboxylic acids is 2. The highest BCUT2D eigenvalue weighted by Gasteiger charge is 2.29. The number of benzene rings is 2. The molecule has 0 heterocycles. The third-order valence-corrected chi connectivity index (χ3v) is 3.57. The molecule has 130 valence electrons. The zero-order valence-corrected chi connectivity index (χ0v) is 13.2. The Kier molecular flexibility index (Phi) is 5.26. The first-order valence-corrected chi connectivity index (χ1v) is 7.22. The summed E-state index contributed by atoms with van der Waals surface area (Å²) in [6, 6.07) is 9.63. The summed E-state index contributed by atoms with van der Waals surface area (Å²) in [5.41, 5.74) is 6.90. The standard InChI is InChI=1S/C18H15F3N2O2/c1-11(17(22)25)8-14-3-2-13(9-16(14)23-10-24)12-4-6-15(7-5-12)18(19,20)21/h2-10H,1H3,(H2,22,25)(H,23,24)/b11-8+. The van der Waals surface area contributed by atoms with E-state index < -0.39 is 17.6 Å². The van der Waals surface area contributed by atoms with Gasteiger partial charge in [-0.05, 0) is 47.9 Å². The smallest absolute Gasteiger partial charge is 0.366 e. The lowest BCUT2D eigenvalue weighted by atomic mass is 10.00. The van der Waals surface area contributed by atoms with Crippen LogP contribution in [0.4, 0.5) is 18.9 Å². The van der Waals surface area contributed by atoms with Gasteiger partial charge in [-0.2, -0.15) is 13.2 Å². The number of amides is 2. The first-order chi connectivity index (χ1) is 11.7. The Morgan fingerprint density at radius 2 is 1.68 bits per heavy atom. The molecule has 2 aromatic rings. The summed E-state index contributed by atoms with van der Waals surface area (Å²) in [4.78, 5) is 21.9. The first kappa shape index (κ1) is 18.3. The Bertz CT molecular complexity index is 825. The first-order valence-electron chi connectivity index (χ1n) is 7.22. The summed E-state index contributed by atoms with van der Waals surface area (Å²) in [7, 11) is 0. The van der Waals surface area contributed by atoms with E-state index in [-0.39, 0.29) is 0 Å². The molecule has 0 saturated carbocycles. The van der Waals surface area contributed by atoms with Crippen molar-refractivity contribution in [3.05, 3.63) is 59.2 Å². The Balaban J connectivity index is 2.43. The minimum Gasteiger partial charge on any atom is -0.366 e. The Morgan fingerprint density at radius 3 is 2.20 bits per heavy atom. The van der Waals surface area contributed by atoms with E-state index >= 15 is 0 Å². The highest BCUT2D eigenvalue weighted by molar-refractivity contribution is 5.97. The van der Waals surface area contributed by atoms with Crippen molar-refractivity contribution in [3.63, 3.8) is 0 Å². The Labute approximate surface area is 142 Å². The van der Waals surface area contributed by atoms with Gasteiger partial charge in [-0.25, -0.2) is 0 Å². The van der Waals surface area contributed by atoms with Gasteiger partial charge in [0.2, 0.25) is 12.3 Å². The molecule has 0 atom stereocenters. The maximum absolute atomic E-state index is 12.6. The summed E-state index contributed by atoms with van der Waals surface area (Å²) < 4.78 is 37.9. The van der Waals surface area contributed by atoms with Gasteiger partial charge in [0, 0.05) is 11.3 Å². The molecule has 0 aromatic heterocycles. The number of alkyl halides is 3. The number of rotatable bonds is 5. The number of primary amides is 1. The van der Waals surface area contributed by atoms with Gasteiger partial charge in [-0.3, -0.25) is 9.59 Å². The molecule has 0 saturated heterocycles. The maximum atomic E-state index is 12.6. The average molecular weight is 348 g/mol. The summed E-state index contributed by atoms with van der Waals surface area (Å²) >= 11 is 0. The van der Waals surface area contributed by atoms with E-state index in [0.29, 0.717) is 34.4 Å². The maximum Gasteiger partial charge on any atom is 0.416 e. The van der Waals surface area contributed by atoms with E-state index in [9.17, 15) is 22.8 Å². The molecule has 2 rings (SSSR count). The molecule has 0 bridgehead atoms. The van der Waals surface area contributed by atoms with E-state index in [0.717, 1.165) is 12.1 Å². The predicted molar refractivity (Wildman–Crippen MR) is 89.4 cm³/mol. The van der Waals surface area contributed by atoms with Crippen molar-refractivity contribution in [1.29, 1.82) is 0 Å². The largest absolute Gasteiger partial charge is 0.416 e. The van der Waals surface area contributed by atoms with Gasteiger partial charge in [0.05, 0.1) is 5.56 Å². The molecule has 0 radical (unpaired) electrons. The van der Waals surface area contributed by atoms with Gasteiger partial charge < -0.3 is 11.1 Å². The van der Waals surface area contributed by atoms with Crippen molar-refractivity contribution in [2.45, 2.75) is 13.1 Å². The van der Waals surface area contributed by atoms with Crippen LogP contribution in [-0.4, -0.2) is 12.3 Å². The molecule has 0 aliphatic carbocycles. The van der Waals surface area contributed by atoms with Crippen molar-refractivity contribution in [1.82, 2.24) is 0 Å². The van der Waals surface area contributed by atoms with Crippen LogP contribution in [0.1, 0.15) is 18.1 Å². The number of hydrogen-bond acceptors (Lipinski definition) is 2. The van der Waals surface area contributed by atoms with Crippen LogP contribution >= 0.6 is 0 Å². The lowest BCUT2D eigenvalue weighted by Gasteiger charge is -2.11. The summed E-state index contributed by atoms with van der Waals surface area (Å²) in [5.74, 6) is -0.594. The van der Waals surface area contributed by atoms with Crippen LogP contribution in [-0.2, 0) is 15.8 Å². The van der Waals surface area contributed by atoms with Crippen LogP contribution < -0.4 is 11.1 Å². The van der Waals surface area contributed by atoms with E-state index in [1.165, 1.54) is 25.1 Å². The second-order valence-corrected chi connectivity index (χ2v) is 5.33. The fraction of sp³-hybridized carbons (Fsp3) is 0.111. The fourth-order valence-electron chi connectivity index (χ4n) is 2.21. The number of anilines is 1. The third-order valence-electron chi connectivity index (χ3n) is 3.57. The van der Waals surface area contributed by atoms with Crippen LogP contribution in [0.15, 0.2) is 48.0 Å². The summed E-state index contributed by atoms with van der Waals surface area (Å²) in [6.45, 7) is 1.54. The van der Waals surface area contributed by atoms with Gasteiger partial charge >= 0.3 is 6.18 Å². The van der Waals surface area contributed by atoms with Crippen LogP contribution in [0, 0.1) is 0 Å². The molecule has 0 unspecified atom stereocenters. The van der Waals surface area contributed by atoms with Crippen molar-refractivity contribution in [3.8, 4) is 11.1 Å². The second kappa shape index (κ2) is 7.21. The van der Waals surface area contributed by atoms with Crippen molar-refractivity contribution in [2.24, 2.45) is 5.73 Å². The van der Waals surface area contributed by atoms with Gasteiger partial charge in [0.25, 0.3) is 0 Å². The van der Waals surface area contributed by atoms with Crippen LogP contribution in [0.2, 0.25) is 0 Å². The van der Waals surface area contributed by atoms with E-state index in [1.807, 2.05) is 0 Å². The van der Waals surface area contributed by atoms with Crippen LogP contribution in [0.3, 0.4) is 0 Å². The normalized spacial score (nSPS) is 11.9. The molecular formula is C18H15F3N2O2. The monoisotopic (exact) mass is 348 g/mol. The number of carbonyl (C=O) groups is 2. The van der Waals surface area contributed by atoms with Gasteiger partial charge in [0.15, 0.2) is 0 Å². The lowest BCUT2D eigenvalue weighted by molar-refractivity contribution is -0.137. The van der Waals surface area contributed by atoms with E-state index in [2.05, 4.69) is 5.32 Å². The Morgan fingerprint density at radius 1 is 1.08 bits per heavy atom. The highest BCUT2D eigenvalue weighted by Crippen LogP contribution is 2.32. The SMILES string of the molecule is C/C(=C\c1ccc(-c2ccc(C(F)(F)F)cc2)cc1NC=O)C(N)=O. The van der Waals surface area contributed by atoms with Crippen LogP contribution in [0.5, 0.6) is 0 Å². The summed E-state index contributed by atoms with van der Waals surface area (Å²) in [6.07, 6.45) is -2.41. The lowest BCUT2D eigenvalue weighted by Crippen LogP contribution is -2.11. The quantitative estimate of drug-likeness (QED) is 0.637. The Hall–Kier alpha value is -3.09. The third kappa shape index (κ3) is 4.47. The predicted octanol–water partition coefficient (Wildman–Crippen LogP) is 3.83. The molecule has 7 heteroatoms. The van der Waals surface area contributed by atoms with Crippen molar-refractivity contribution >= 4 is 24.1 Å². The molecule has 25 heavy (non-hydrogen) atoms. The van der Waals surface area contributed by atoms with Gasteiger partial charge in [-0.1, -0.05) is 24.3 Å². The molecule has 0 spiro atoms. The second-order valence-electron chi connectivity index (χ2n) is 5.33. The minimum absolute atomic E-state index is 0.302. The molecule has 2 amide bonds. The van der Waals surface area contributed by atoms with Gasteiger partial charge in [-0.15, -0.1) is 0 Å². The zero-order valence-electron chi connectivity index (χ0n) is 13.2. The molecule has 0 aliphatic rings. The van der Waals surface area contributed by atoms with Crippen molar-refractivity contribution < 1.29 is 22.8 Å². The molecule has 2 aromatic carbocycles. The molecule has 4 nitrogen and oxygen atoms in total. The van der Waals surface area contributed by atoms with Crippen LogP contribution in [0.25, 0.3) is 17.2 Å². The molecule has 0 aliphatic heterocycles. The highest BCUT2D eigenvalue weighted by atomic mass is 19.4. The van der Waals surface area contributed by atoms with E-state index in [4.69, 9.17) is 5.73 Å². The average Bonchev–Trinajstić information content (AvgIpc) is 2.56.